The molecule has 0 bridgehead atoms. The van der Waals surface area contributed by atoms with Crippen LogP contribution in [0.4, 0.5) is 0 Å². The summed E-state index contributed by atoms with van der Waals surface area (Å²) in [5, 5.41) is 2.08. The summed E-state index contributed by atoms with van der Waals surface area (Å²) in [4.78, 5) is 0. The Bertz CT molecular complexity index is 791. The van der Waals surface area contributed by atoms with Crippen LogP contribution in [0.3, 0.4) is 0 Å². The fourth-order valence-corrected chi connectivity index (χ4v) is 6.57. The molecule has 3 nitrogen and oxygen atoms in total. The number of halogens is 2. The molecule has 0 aliphatic carbocycles. The molecular weight excluding hydrogens is 592 g/mol. The first-order valence-corrected chi connectivity index (χ1v) is 16.4. The summed E-state index contributed by atoms with van der Waals surface area (Å²) in [5.41, 5.74) is 5.98. The van der Waals surface area contributed by atoms with Crippen LogP contribution < -0.4 is 0 Å². The zero-order chi connectivity index (χ0) is 25.6. The number of rotatable bonds is 10. The lowest BCUT2D eigenvalue weighted by Crippen LogP contribution is -2.21. The summed E-state index contributed by atoms with van der Waals surface area (Å²) < 4.78 is 11.7. The van der Waals surface area contributed by atoms with Crippen molar-refractivity contribution >= 4 is 31.9 Å². The predicted octanol–water partition coefficient (Wildman–Crippen LogP) is 8.55. The maximum atomic E-state index is 5.86. The third-order valence-corrected chi connectivity index (χ3v) is 8.47. The maximum Gasteiger partial charge on any atom is 0.0580 e. The molecule has 2 aromatic rings. The molecule has 5 heteroatoms. The van der Waals surface area contributed by atoms with Gasteiger partial charge in [-0.05, 0) is 98.3 Å². The Labute approximate surface area is 242 Å². The average Bonchev–Trinajstić information content (AvgIpc) is 2.91. The molecule has 0 saturated carbocycles. The van der Waals surface area contributed by atoms with E-state index >= 15 is 0 Å². The summed E-state index contributed by atoms with van der Waals surface area (Å²) in [6.45, 7) is 6.59. The highest BCUT2D eigenvalue weighted by atomic mass is 79.9. The predicted molar refractivity (Wildman–Crippen MR) is 165 cm³/mol. The van der Waals surface area contributed by atoms with Gasteiger partial charge in [-0.3, -0.25) is 0 Å². The van der Waals surface area contributed by atoms with E-state index in [-0.39, 0.29) is 5.48 Å². The van der Waals surface area contributed by atoms with E-state index in [4.69, 9.17) is 9.47 Å². The zero-order valence-corrected chi connectivity index (χ0v) is 26.1. The Kier molecular flexibility index (Phi) is 16.3. The molecule has 0 aromatic heterocycles. The zero-order valence-electron chi connectivity index (χ0n) is 22.9. The maximum absolute atomic E-state index is 5.86. The first kappa shape index (κ1) is 32.5. The van der Waals surface area contributed by atoms with Crippen molar-refractivity contribution in [2.45, 2.75) is 102 Å². The molecule has 2 aliphatic heterocycles. The van der Waals surface area contributed by atoms with Crippen LogP contribution in [0.1, 0.15) is 99.3 Å². The minimum Gasteiger partial charge on any atom is -0.412 e. The quantitative estimate of drug-likeness (QED) is 0.245. The van der Waals surface area contributed by atoms with Gasteiger partial charge < -0.3 is 14.9 Å². The van der Waals surface area contributed by atoms with Gasteiger partial charge in [0, 0.05) is 23.9 Å². The molecule has 208 valence electrons. The Morgan fingerprint density at radius 2 is 1.08 bits per heavy atom. The van der Waals surface area contributed by atoms with Gasteiger partial charge in [0.2, 0.25) is 0 Å². The van der Waals surface area contributed by atoms with Crippen molar-refractivity contribution in [3.63, 3.8) is 0 Å². The second-order valence-corrected chi connectivity index (χ2v) is 12.1. The molecule has 4 atom stereocenters. The van der Waals surface area contributed by atoms with Crippen molar-refractivity contribution in [1.82, 2.24) is 0 Å². The highest BCUT2D eigenvalue weighted by Crippen LogP contribution is 2.30. The summed E-state index contributed by atoms with van der Waals surface area (Å²) in [5.74, 6) is 1.20. The van der Waals surface area contributed by atoms with Gasteiger partial charge in [-0.2, -0.15) is 0 Å². The first-order valence-electron chi connectivity index (χ1n) is 14.1. The van der Waals surface area contributed by atoms with Crippen LogP contribution in [-0.2, 0) is 22.3 Å². The smallest absolute Gasteiger partial charge is 0.0580 e. The van der Waals surface area contributed by atoms with Gasteiger partial charge in [0.25, 0.3) is 0 Å². The molecule has 4 unspecified atom stereocenters. The molecule has 0 amide bonds. The van der Waals surface area contributed by atoms with E-state index in [0.29, 0.717) is 24.0 Å². The number of hydrogen-bond donors (Lipinski definition) is 0. The lowest BCUT2D eigenvalue weighted by Gasteiger charge is -2.26. The van der Waals surface area contributed by atoms with Crippen LogP contribution in [0, 0.1) is 0 Å². The van der Waals surface area contributed by atoms with E-state index in [1.165, 1.54) is 73.6 Å². The number of benzene rings is 2. The molecule has 37 heavy (non-hydrogen) atoms. The molecule has 0 radical (unpaired) electrons. The van der Waals surface area contributed by atoms with Crippen LogP contribution in [0.15, 0.2) is 48.5 Å². The van der Waals surface area contributed by atoms with E-state index in [2.05, 4.69) is 94.2 Å². The number of aryl methyl sites for hydroxylation is 2. The van der Waals surface area contributed by atoms with Gasteiger partial charge in [0.15, 0.2) is 0 Å². The number of alkyl halides is 2. The van der Waals surface area contributed by atoms with E-state index in [9.17, 15) is 0 Å². The summed E-state index contributed by atoms with van der Waals surface area (Å²) in [7, 11) is 0. The number of hydrogen-bond acceptors (Lipinski definition) is 2. The summed E-state index contributed by atoms with van der Waals surface area (Å²) >= 11 is 7.09. The van der Waals surface area contributed by atoms with Crippen molar-refractivity contribution in [2.24, 2.45) is 0 Å². The lowest BCUT2D eigenvalue weighted by atomic mass is 9.88. The van der Waals surface area contributed by atoms with Crippen LogP contribution in [0.5, 0.6) is 0 Å². The van der Waals surface area contributed by atoms with Gasteiger partial charge in [-0.25, -0.2) is 0 Å². The highest BCUT2D eigenvalue weighted by molar-refractivity contribution is 9.09. The van der Waals surface area contributed by atoms with E-state index < -0.39 is 0 Å². The van der Waals surface area contributed by atoms with Crippen LogP contribution in [0.2, 0.25) is 0 Å². The normalized spacial score (nSPS) is 21.2. The molecule has 0 spiro atoms. The second-order valence-electron chi connectivity index (χ2n) is 10.5. The van der Waals surface area contributed by atoms with Crippen molar-refractivity contribution in [1.29, 1.82) is 0 Å². The summed E-state index contributed by atoms with van der Waals surface area (Å²) in [6.07, 6.45) is 13.2. The highest BCUT2D eigenvalue weighted by Gasteiger charge is 2.20. The molecule has 2 aromatic carbocycles. The average molecular weight is 641 g/mol. The Hall–Kier alpha value is -0.720. The van der Waals surface area contributed by atoms with Crippen LogP contribution in [0.25, 0.3) is 0 Å². The van der Waals surface area contributed by atoms with E-state index in [0.717, 1.165) is 36.7 Å². The minimum atomic E-state index is 0. The Balaban J connectivity index is 0.000000253. The molecule has 2 saturated heterocycles. The van der Waals surface area contributed by atoms with Gasteiger partial charge >= 0.3 is 0 Å². The monoisotopic (exact) mass is 638 g/mol. The SMILES string of the molecule is CC(CC1CCCCO1)c1ccccc1CCBr.CC(CC1CCCCO1)c1ccccc1CCBr.O. The first-order chi connectivity index (χ1) is 17.6. The fourth-order valence-electron chi connectivity index (χ4n) is 5.72. The second kappa shape index (κ2) is 18.5. The topological polar surface area (TPSA) is 50.0 Å². The lowest BCUT2D eigenvalue weighted by molar-refractivity contribution is 0.00773. The largest absolute Gasteiger partial charge is 0.412 e. The van der Waals surface area contributed by atoms with Crippen LogP contribution in [-0.4, -0.2) is 41.6 Å². The van der Waals surface area contributed by atoms with Gasteiger partial charge in [0.05, 0.1) is 12.2 Å². The number of ether oxygens (including phenoxy) is 2. The van der Waals surface area contributed by atoms with Crippen molar-refractivity contribution in [3.05, 3.63) is 70.8 Å². The molecule has 4 rings (SSSR count). The molecule has 2 heterocycles. The van der Waals surface area contributed by atoms with Crippen molar-refractivity contribution < 1.29 is 14.9 Å². The molecular formula is C32H48Br2O3. The molecule has 2 fully saturated rings. The van der Waals surface area contributed by atoms with E-state index in [1.807, 2.05) is 0 Å². The molecule has 2 N–H and O–H groups in total. The van der Waals surface area contributed by atoms with Crippen molar-refractivity contribution in [2.75, 3.05) is 23.9 Å². The van der Waals surface area contributed by atoms with Gasteiger partial charge in [-0.1, -0.05) is 94.2 Å². The van der Waals surface area contributed by atoms with E-state index in [1.54, 1.807) is 0 Å². The Morgan fingerprint density at radius 1 is 0.676 bits per heavy atom. The standard InChI is InChI=1S/2C16H23BrO.H2O/c2*1-13(12-15-7-4-5-11-18-15)16-8-3-2-6-14(16)9-10-17;/h2*2-3,6,8,13,15H,4-5,7,9-12H2,1H3;1H2. The van der Waals surface area contributed by atoms with Gasteiger partial charge in [-0.15, -0.1) is 0 Å². The minimum absolute atomic E-state index is 0. The van der Waals surface area contributed by atoms with Crippen LogP contribution >= 0.6 is 31.9 Å². The van der Waals surface area contributed by atoms with Crippen molar-refractivity contribution in [3.8, 4) is 0 Å². The third kappa shape index (κ3) is 11.1. The Morgan fingerprint density at radius 3 is 1.43 bits per heavy atom. The fraction of sp³-hybridized carbons (Fsp3) is 0.625. The third-order valence-electron chi connectivity index (χ3n) is 7.68. The van der Waals surface area contributed by atoms with Gasteiger partial charge in [0.1, 0.15) is 0 Å². The summed E-state index contributed by atoms with van der Waals surface area (Å²) in [6, 6.07) is 17.7. The molecule has 2 aliphatic rings.